The molecule has 5 heterocycles. The summed E-state index contributed by atoms with van der Waals surface area (Å²) in [6.07, 6.45) is 7.57. The van der Waals surface area contributed by atoms with E-state index < -0.39 is 0 Å². The van der Waals surface area contributed by atoms with Gasteiger partial charge in [0.25, 0.3) is 0 Å². The maximum absolute atomic E-state index is 6.20. The molecule has 0 N–H and O–H groups in total. The smallest absolute Gasteiger partial charge is 0.216 e. The summed E-state index contributed by atoms with van der Waals surface area (Å²) in [4.78, 5) is 18.0. The summed E-state index contributed by atoms with van der Waals surface area (Å²) in [6.45, 7) is 10.3. The molecule has 0 amide bonds. The largest absolute Gasteiger partial charge is 0.486 e. The van der Waals surface area contributed by atoms with Crippen LogP contribution in [-0.2, 0) is 20.1 Å². The van der Waals surface area contributed by atoms with Crippen LogP contribution in [0.4, 0.5) is 0 Å². The van der Waals surface area contributed by atoms with E-state index in [0.29, 0.717) is 5.71 Å². The van der Waals surface area contributed by atoms with Crippen molar-refractivity contribution in [3.63, 3.8) is 0 Å². The van der Waals surface area contributed by atoms with Gasteiger partial charge >= 0.3 is 0 Å². The molecule has 8 rings (SSSR count). The van der Waals surface area contributed by atoms with Crippen LogP contribution in [0.1, 0.15) is 27.9 Å². The fourth-order valence-electron chi connectivity index (χ4n) is 5.76. The van der Waals surface area contributed by atoms with E-state index in [1.807, 2.05) is 75.0 Å². The summed E-state index contributed by atoms with van der Waals surface area (Å²) in [7, 11) is 0. The third-order valence-corrected chi connectivity index (χ3v) is 8.25. The molecule has 0 bridgehead atoms. The summed E-state index contributed by atoms with van der Waals surface area (Å²) in [6, 6.07) is 33.3. The fraction of sp³-hybridized carbons (Fsp3) is 0.122. The van der Waals surface area contributed by atoms with Gasteiger partial charge in [-0.1, -0.05) is 48.2 Å². The zero-order valence-electron chi connectivity index (χ0n) is 26.8. The van der Waals surface area contributed by atoms with Crippen molar-refractivity contribution < 1.29 is 24.5 Å². The number of nitrogens with zero attached hydrogens (tertiary/aromatic N) is 4. The van der Waals surface area contributed by atoms with Crippen LogP contribution in [0.15, 0.2) is 108 Å². The predicted octanol–water partition coefficient (Wildman–Crippen LogP) is 10.1. The maximum atomic E-state index is 6.20. The minimum Gasteiger partial charge on any atom is -0.486 e. The monoisotopic (exact) mass is 789 g/mol. The van der Waals surface area contributed by atoms with Gasteiger partial charge in [-0.3, -0.25) is 4.98 Å². The number of hydrogen-bond donors (Lipinski definition) is 0. The third-order valence-electron chi connectivity index (χ3n) is 8.25. The van der Waals surface area contributed by atoms with E-state index in [1.165, 1.54) is 27.6 Å². The molecule has 0 saturated carbocycles. The molecular weight excluding hydrogens is 757 g/mol. The van der Waals surface area contributed by atoms with Crippen molar-refractivity contribution in [2.24, 2.45) is 0 Å². The molecule has 5 aromatic heterocycles. The minimum atomic E-state index is 0. The molecule has 0 aliphatic rings. The van der Waals surface area contributed by atoms with Crippen LogP contribution in [-0.4, -0.2) is 19.9 Å². The second-order valence-electron chi connectivity index (χ2n) is 11.7. The fourth-order valence-corrected chi connectivity index (χ4v) is 5.76. The van der Waals surface area contributed by atoms with E-state index in [1.54, 1.807) is 0 Å². The van der Waals surface area contributed by atoms with Crippen LogP contribution in [0, 0.1) is 46.8 Å². The van der Waals surface area contributed by atoms with Gasteiger partial charge in [0.2, 0.25) is 5.71 Å². The van der Waals surface area contributed by atoms with Crippen molar-refractivity contribution in [2.75, 3.05) is 0 Å². The average Bonchev–Trinajstić information content (AvgIpc) is 3.44. The van der Waals surface area contributed by atoms with Gasteiger partial charge in [0, 0.05) is 61.4 Å². The van der Waals surface area contributed by atoms with Crippen molar-refractivity contribution >= 4 is 32.8 Å². The van der Waals surface area contributed by atoms with Gasteiger partial charge in [0.15, 0.2) is 0 Å². The van der Waals surface area contributed by atoms with Crippen molar-refractivity contribution in [2.45, 2.75) is 34.6 Å². The average molecular weight is 789 g/mol. The SMILES string of the molecule is Cc1c[c-]c(-c2ccc(C)cn2)cc1.Cc1ccc2c(n1)oc1c(-c3cc(-c4c(C)ccc5cnccc45)c(C)cn3)[c-]ccc12.[Ir]. The molecule has 0 aliphatic heterocycles. The topological polar surface area (TPSA) is 64.7 Å². The molecule has 0 saturated heterocycles. The first-order chi connectivity index (χ1) is 22.4. The van der Waals surface area contributed by atoms with Crippen LogP contribution >= 0.6 is 0 Å². The van der Waals surface area contributed by atoms with Gasteiger partial charge in [-0.2, -0.15) is 0 Å². The van der Waals surface area contributed by atoms with Gasteiger partial charge in [-0.15, -0.1) is 53.6 Å². The Hall–Kier alpha value is -5.03. The number of furan rings is 1. The number of pyridine rings is 4. The molecule has 0 fully saturated rings. The molecule has 0 unspecified atom stereocenters. The van der Waals surface area contributed by atoms with Crippen LogP contribution in [0.2, 0.25) is 0 Å². The van der Waals surface area contributed by atoms with Crippen molar-refractivity contribution in [1.29, 1.82) is 0 Å². The van der Waals surface area contributed by atoms with Crippen LogP contribution < -0.4 is 0 Å². The minimum absolute atomic E-state index is 0. The Labute approximate surface area is 288 Å². The Morgan fingerprint density at radius 1 is 0.660 bits per heavy atom. The van der Waals surface area contributed by atoms with Crippen LogP contribution in [0.3, 0.4) is 0 Å². The standard InChI is InChI=1S/C28H20N3O.C13H12N.Ir/c1-16-7-9-19-15-29-12-11-20(19)26(16)24-13-25(30-14-17(24)2)23-6-4-5-21-22-10-8-18(3)31-28(22)32-27(21)23;1-10-3-6-12(7-4-10)13-8-5-11(2)9-14-13;/h4-5,7-15H,1-3H3;3-6,8-9H,1-2H3;/q2*-1;. The summed E-state index contributed by atoms with van der Waals surface area (Å²) in [5.41, 5.74) is 13.2. The molecule has 0 atom stereocenters. The first-order valence-electron chi connectivity index (χ1n) is 15.3. The normalized spacial score (nSPS) is 10.9. The molecule has 233 valence electrons. The second kappa shape index (κ2) is 13.4. The number of rotatable bonds is 3. The van der Waals surface area contributed by atoms with Crippen LogP contribution in [0.5, 0.6) is 0 Å². The molecule has 3 aromatic carbocycles. The van der Waals surface area contributed by atoms with Gasteiger partial charge in [0.05, 0.1) is 5.58 Å². The number of hydrogen-bond acceptors (Lipinski definition) is 5. The van der Waals surface area contributed by atoms with Crippen molar-refractivity contribution in [3.05, 3.63) is 144 Å². The molecule has 6 heteroatoms. The van der Waals surface area contributed by atoms with E-state index >= 15 is 0 Å². The number of aryl methyl sites for hydroxylation is 5. The quantitative estimate of drug-likeness (QED) is 0.167. The molecule has 1 radical (unpaired) electrons. The Kier molecular flexibility index (Phi) is 9.08. The van der Waals surface area contributed by atoms with E-state index in [0.717, 1.165) is 61.1 Å². The summed E-state index contributed by atoms with van der Waals surface area (Å²) >= 11 is 0. The van der Waals surface area contributed by atoms with E-state index in [-0.39, 0.29) is 20.1 Å². The number of aromatic nitrogens is 4. The Morgan fingerprint density at radius 3 is 2.28 bits per heavy atom. The van der Waals surface area contributed by atoms with Crippen molar-refractivity contribution in [3.8, 4) is 33.6 Å². The van der Waals surface area contributed by atoms with Gasteiger partial charge in [-0.25, -0.2) is 4.98 Å². The van der Waals surface area contributed by atoms with E-state index in [4.69, 9.17) is 9.40 Å². The summed E-state index contributed by atoms with van der Waals surface area (Å²) in [5.74, 6) is 0. The molecule has 47 heavy (non-hydrogen) atoms. The number of benzene rings is 3. The van der Waals surface area contributed by atoms with Gasteiger partial charge in [0.1, 0.15) is 0 Å². The number of fused-ring (bicyclic) bond motifs is 4. The zero-order chi connectivity index (χ0) is 31.8. The molecule has 5 nitrogen and oxygen atoms in total. The van der Waals surface area contributed by atoms with Crippen molar-refractivity contribution in [1.82, 2.24) is 19.9 Å². The Balaban J connectivity index is 0.000000217. The molecule has 8 aromatic rings. The summed E-state index contributed by atoms with van der Waals surface area (Å²) in [5, 5.41) is 4.34. The third kappa shape index (κ3) is 6.35. The van der Waals surface area contributed by atoms with Gasteiger partial charge in [-0.05, 0) is 90.5 Å². The first kappa shape index (κ1) is 31.9. The van der Waals surface area contributed by atoms with Crippen LogP contribution in [0.25, 0.3) is 66.5 Å². The molecule has 0 spiro atoms. The van der Waals surface area contributed by atoms with E-state index in [9.17, 15) is 0 Å². The maximum Gasteiger partial charge on any atom is 0.216 e. The van der Waals surface area contributed by atoms with E-state index in [2.05, 4.69) is 90.3 Å². The second-order valence-corrected chi connectivity index (χ2v) is 11.7. The predicted molar refractivity (Wildman–Crippen MR) is 187 cm³/mol. The Morgan fingerprint density at radius 2 is 1.49 bits per heavy atom. The summed E-state index contributed by atoms with van der Waals surface area (Å²) < 4.78 is 6.20. The molecule has 0 aliphatic carbocycles. The zero-order valence-corrected chi connectivity index (χ0v) is 29.2. The molecular formula is C41H32IrN4O-2. The van der Waals surface area contributed by atoms with Gasteiger partial charge < -0.3 is 14.4 Å². The Bertz CT molecular complexity index is 2320. The first-order valence-corrected chi connectivity index (χ1v) is 15.3.